The van der Waals surface area contributed by atoms with E-state index in [9.17, 15) is 13.2 Å². The number of hydrogen-bond acceptors (Lipinski definition) is 2. The molecule has 0 aliphatic carbocycles. The third kappa shape index (κ3) is 4.72. The van der Waals surface area contributed by atoms with Gasteiger partial charge in [0.1, 0.15) is 0 Å². The fraction of sp³-hybridized carbons (Fsp3) is 0.909. The molecule has 4 nitrogen and oxygen atoms in total. The highest BCUT2D eigenvalue weighted by Gasteiger charge is 2.34. The second-order valence-corrected chi connectivity index (χ2v) is 4.45. The first-order valence-corrected chi connectivity index (χ1v) is 6.23. The number of hydrogen-bond donors (Lipinski definition) is 1. The van der Waals surface area contributed by atoms with E-state index < -0.39 is 12.7 Å². The summed E-state index contributed by atoms with van der Waals surface area (Å²) in [5.74, 6) is 0.429. The van der Waals surface area contributed by atoms with Gasteiger partial charge in [-0.3, -0.25) is 4.90 Å². The van der Waals surface area contributed by atoms with E-state index in [4.69, 9.17) is 5.73 Å². The Kier molecular flexibility index (Phi) is 5.25. The lowest BCUT2D eigenvalue weighted by Crippen LogP contribution is -2.38. The lowest BCUT2D eigenvalue weighted by molar-refractivity contribution is -0.143. The topological polar surface area (TPSA) is 44.9 Å². The second kappa shape index (κ2) is 6.26. The second-order valence-electron chi connectivity index (χ2n) is 4.45. The highest BCUT2D eigenvalue weighted by atomic mass is 19.4. The van der Waals surface area contributed by atoms with Crippen LogP contribution in [0.25, 0.3) is 0 Å². The fourth-order valence-corrected chi connectivity index (χ4v) is 2.13. The Hall–Kier alpha value is -0.980. The predicted octanol–water partition coefficient (Wildman–Crippen LogP) is 1.28. The number of halogens is 3. The average Bonchev–Trinajstić information content (AvgIpc) is 2.64. The van der Waals surface area contributed by atoms with E-state index in [1.807, 2.05) is 18.7 Å². The van der Waals surface area contributed by atoms with E-state index in [1.165, 1.54) is 4.90 Å². The summed E-state index contributed by atoms with van der Waals surface area (Å²) in [4.78, 5) is 7.58. The van der Waals surface area contributed by atoms with Crippen LogP contribution in [0.5, 0.6) is 0 Å². The highest BCUT2D eigenvalue weighted by Crippen LogP contribution is 2.21. The Morgan fingerprint density at radius 3 is 2.50 bits per heavy atom. The maximum absolute atomic E-state index is 12.2. The van der Waals surface area contributed by atoms with Gasteiger partial charge in [-0.25, -0.2) is 4.99 Å². The van der Waals surface area contributed by atoms with Crippen LogP contribution < -0.4 is 5.73 Å². The Labute approximate surface area is 106 Å². The summed E-state index contributed by atoms with van der Waals surface area (Å²) in [7, 11) is 0. The van der Waals surface area contributed by atoms with Crippen LogP contribution in [0.2, 0.25) is 0 Å². The number of nitrogens with two attached hydrogens (primary N) is 1. The van der Waals surface area contributed by atoms with Gasteiger partial charge < -0.3 is 10.6 Å². The molecule has 0 aromatic carbocycles. The van der Waals surface area contributed by atoms with E-state index in [0.29, 0.717) is 25.5 Å². The number of guanidine groups is 1. The lowest BCUT2D eigenvalue weighted by atomic mass is 10.3. The standard InChI is InChI=1S/C11H21F3N4/c1-3-18(4-2)10(15)16-9-5-6-17(7-9)8-11(12,13)14/h9H,3-8H2,1-2H3,(H2,15,16). The minimum Gasteiger partial charge on any atom is -0.370 e. The summed E-state index contributed by atoms with van der Waals surface area (Å²) in [5, 5.41) is 0. The molecule has 0 radical (unpaired) electrons. The molecule has 0 saturated carbocycles. The van der Waals surface area contributed by atoms with Crippen LogP contribution >= 0.6 is 0 Å². The molecule has 2 N–H and O–H groups in total. The van der Waals surface area contributed by atoms with E-state index in [2.05, 4.69) is 4.99 Å². The van der Waals surface area contributed by atoms with Crippen LogP contribution in [0.1, 0.15) is 20.3 Å². The van der Waals surface area contributed by atoms with Gasteiger partial charge in [-0.15, -0.1) is 0 Å². The van der Waals surface area contributed by atoms with Crippen LogP contribution in [-0.2, 0) is 0 Å². The van der Waals surface area contributed by atoms with Crippen molar-refractivity contribution in [1.82, 2.24) is 9.80 Å². The van der Waals surface area contributed by atoms with Crippen molar-refractivity contribution in [2.24, 2.45) is 10.7 Å². The van der Waals surface area contributed by atoms with Crippen molar-refractivity contribution in [2.45, 2.75) is 32.5 Å². The molecule has 18 heavy (non-hydrogen) atoms. The normalized spacial score (nSPS) is 22.5. The number of rotatable bonds is 4. The summed E-state index contributed by atoms with van der Waals surface area (Å²) in [6.07, 6.45) is -3.50. The largest absolute Gasteiger partial charge is 0.401 e. The van der Waals surface area contributed by atoms with Gasteiger partial charge in [0.15, 0.2) is 5.96 Å². The Balaban J connectivity index is 2.49. The monoisotopic (exact) mass is 266 g/mol. The fourth-order valence-electron chi connectivity index (χ4n) is 2.13. The minimum absolute atomic E-state index is 0.118. The first kappa shape index (κ1) is 15.1. The molecule has 106 valence electrons. The molecule has 1 aliphatic rings. The van der Waals surface area contributed by atoms with Crippen LogP contribution in [0.3, 0.4) is 0 Å². The van der Waals surface area contributed by atoms with Crippen LogP contribution in [-0.4, -0.2) is 60.7 Å². The summed E-state index contributed by atoms with van der Waals surface area (Å²) in [6.45, 7) is 5.35. The number of alkyl halides is 3. The molecule has 1 unspecified atom stereocenters. The van der Waals surface area contributed by atoms with Gasteiger partial charge in [0, 0.05) is 26.2 Å². The number of nitrogens with zero attached hydrogens (tertiary/aromatic N) is 3. The molecular formula is C11H21F3N4. The first-order chi connectivity index (χ1) is 8.35. The van der Waals surface area contributed by atoms with Crippen molar-refractivity contribution in [1.29, 1.82) is 0 Å². The van der Waals surface area contributed by atoms with Crippen molar-refractivity contribution >= 4 is 5.96 Å². The molecule has 1 atom stereocenters. The van der Waals surface area contributed by atoms with Crippen LogP contribution in [0.4, 0.5) is 13.2 Å². The predicted molar refractivity (Wildman–Crippen MR) is 65.4 cm³/mol. The van der Waals surface area contributed by atoms with Gasteiger partial charge in [0.25, 0.3) is 0 Å². The zero-order valence-corrected chi connectivity index (χ0v) is 10.9. The van der Waals surface area contributed by atoms with Crippen molar-refractivity contribution < 1.29 is 13.2 Å². The van der Waals surface area contributed by atoms with Crippen molar-refractivity contribution in [3.8, 4) is 0 Å². The van der Waals surface area contributed by atoms with Crippen LogP contribution in [0, 0.1) is 0 Å². The van der Waals surface area contributed by atoms with E-state index >= 15 is 0 Å². The zero-order valence-electron chi connectivity index (χ0n) is 10.9. The molecule has 1 saturated heterocycles. The average molecular weight is 266 g/mol. The Bertz CT molecular complexity index is 287. The molecule has 1 aliphatic heterocycles. The molecule has 1 rings (SSSR count). The Morgan fingerprint density at radius 1 is 1.39 bits per heavy atom. The van der Waals surface area contributed by atoms with Gasteiger partial charge in [-0.1, -0.05) is 0 Å². The molecule has 0 aromatic rings. The van der Waals surface area contributed by atoms with E-state index in [0.717, 1.165) is 13.1 Å². The zero-order chi connectivity index (χ0) is 13.8. The molecule has 0 aromatic heterocycles. The van der Waals surface area contributed by atoms with Crippen molar-refractivity contribution in [3.05, 3.63) is 0 Å². The first-order valence-electron chi connectivity index (χ1n) is 6.23. The maximum atomic E-state index is 12.2. The SMILES string of the molecule is CCN(CC)C(N)=NC1CCN(CC(F)(F)F)C1. The molecular weight excluding hydrogens is 245 g/mol. The maximum Gasteiger partial charge on any atom is 0.401 e. The smallest absolute Gasteiger partial charge is 0.370 e. The third-order valence-corrected chi connectivity index (χ3v) is 3.05. The quantitative estimate of drug-likeness (QED) is 0.616. The van der Waals surface area contributed by atoms with E-state index in [-0.39, 0.29) is 6.04 Å². The minimum atomic E-state index is -4.14. The van der Waals surface area contributed by atoms with Gasteiger partial charge in [0.2, 0.25) is 0 Å². The summed E-state index contributed by atoms with van der Waals surface area (Å²) in [6, 6.07) is -0.118. The van der Waals surface area contributed by atoms with Gasteiger partial charge in [-0.05, 0) is 20.3 Å². The molecule has 0 spiro atoms. The highest BCUT2D eigenvalue weighted by molar-refractivity contribution is 5.78. The van der Waals surface area contributed by atoms with E-state index in [1.54, 1.807) is 0 Å². The summed E-state index contributed by atoms with van der Waals surface area (Å²) in [5.41, 5.74) is 5.83. The van der Waals surface area contributed by atoms with Gasteiger partial charge in [0.05, 0.1) is 12.6 Å². The summed E-state index contributed by atoms with van der Waals surface area (Å²) >= 11 is 0. The number of aliphatic imine (C=N–C) groups is 1. The molecule has 1 fully saturated rings. The van der Waals surface area contributed by atoms with Crippen LogP contribution in [0.15, 0.2) is 4.99 Å². The van der Waals surface area contributed by atoms with Crippen molar-refractivity contribution in [3.63, 3.8) is 0 Å². The Morgan fingerprint density at radius 2 is 2.00 bits per heavy atom. The lowest BCUT2D eigenvalue weighted by Gasteiger charge is -2.21. The third-order valence-electron chi connectivity index (χ3n) is 3.05. The van der Waals surface area contributed by atoms with Gasteiger partial charge >= 0.3 is 6.18 Å². The van der Waals surface area contributed by atoms with Gasteiger partial charge in [-0.2, -0.15) is 13.2 Å². The number of likely N-dealkylation sites (tertiary alicyclic amines) is 1. The summed E-state index contributed by atoms with van der Waals surface area (Å²) < 4.78 is 36.7. The molecule has 0 bridgehead atoms. The molecule has 7 heteroatoms. The van der Waals surface area contributed by atoms with Crippen molar-refractivity contribution in [2.75, 3.05) is 32.7 Å². The molecule has 0 amide bonds. The molecule has 1 heterocycles.